The summed E-state index contributed by atoms with van der Waals surface area (Å²) in [5.74, 6) is 2.68. The predicted octanol–water partition coefficient (Wildman–Crippen LogP) is 2.10. The van der Waals surface area contributed by atoms with E-state index in [4.69, 9.17) is 0 Å². The van der Waals surface area contributed by atoms with E-state index in [1.807, 2.05) is 0 Å². The van der Waals surface area contributed by atoms with Gasteiger partial charge in [-0.15, -0.1) is 0 Å². The summed E-state index contributed by atoms with van der Waals surface area (Å²) >= 11 is 0. The molecule has 0 aromatic heterocycles. The molecule has 2 heteroatoms. The van der Waals surface area contributed by atoms with E-state index in [1.54, 1.807) is 0 Å². The van der Waals surface area contributed by atoms with Gasteiger partial charge in [0.25, 0.3) is 0 Å². The van der Waals surface area contributed by atoms with E-state index in [9.17, 15) is 5.11 Å². The predicted molar refractivity (Wildman–Crippen MR) is 86.2 cm³/mol. The molecular formula is C18H26OSi. The van der Waals surface area contributed by atoms with Crippen LogP contribution >= 0.6 is 0 Å². The van der Waals surface area contributed by atoms with Crippen molar-refractivity contribution in [2.24, 2.45) is 23.2 Å². The van der Waals surface area contributed by atoms with Crippen LogP contribution in [0.25, 0.3) is 0 Å². The molecule has 0 aliphatic heterocycles. The summed E-state index contributed by atoms with van der Waals surface area (Å²) in [6.45, 7) is 2.10. The van der Waals surface area contributed by atoms with Gasteiger partial charge in [-0.1, -0.05) is 29.5 Å². The molecule has 1 N–H and O–H groups in total. The van der Waals surface area contributed by atoms with Gasteiger partial charge in [0.05, 0.1) is 5.60 Å². The lowest BCUT2D eigenvalue weighted by Gasteiger charge is -2.61. The normalized spacial score (nSPS) is 41.8. The highest BCUT2D eigenvalue weighted by atomic mass is 28.1. The molecule has 4 aliphatic carbocycles. The molecule has 5 rings (SSSR count). The van der Waals surface area contributed by atoms with Crippen molar-refractivity contribution in [1.82, 2.24) is 0 Å². The van der Waals surface area contributed by atoms with Gasteiger partial charge in [-0.3, -0.25) is 0 Å². The molecule has 0 saturated heterocycles. The first-order valence-corrected chi connectivity index (χ1v) is 9.28. The Bertz CT molecular complexity index is 481. The molecule has 4 fully saturated rings. The lowest BCUT2D eigenvalue weighted by Crippen LogP contribution is -2.55. The van der Waals surface area contributed by atoms with E-state index in [0.717, 1.165) is 33.6 Å². The smallest absolute Gasteiger partial charge is 0.0924 e. The average molecular weight is 286 g/mol. The first kappa shape index (κ1) is 13.1. The molecule has 0 radical (unpaired) electrons. The Balaban J connectivity index is 1.73. The van der Waals surface area contributed by atoms with Crippen molar-refractivity contribution in [3.8, 4) is 0 Å². The highest BCUT2D eigenvalue weighted by Crippen LogP contribution is 2.65. The number of benzene rings is 1. The molecule has 4 bridgehead atoms. The Kier molecular flexibility index (Phi) is 2.75. The zero-order chi connectivity index (χ0) is 14.0. The maximum absolute atomic E-state index is 11.5. The molecule has 1 aromatic rings. The fraction of sp³-hybridized carbons (Fsp3) is 0.667. The Morgan fingerprint density at radius 1 is 1.00 bits per heavy atom. The third-order valence-corrected chi connectivity index (χ3v) is 7.35. The molecule has 1 atom stereocenters. The number of hydrogen-bond acceptors (Lipinski definition) is 1. The van der Waals surface area contributed by atoms with Crippen LogP contribution in [-0.4, -0.2) is 15.3 Å². The molecule has 4 aliphatic rings. The van der Waals surface area contributed by atoms with E-state index in [0.29, 0.717) is 0 Å². The second-order valence-corrected chi connectivity index (χ2v) is 9.29. The third-order valence-electron chi connectivity index (χ3n) is 6.68. The van der Waals surface area contributed by atoms with Crippen LogP contribution < -0.4 is 5.19 Å². The van der Waals surface area contributed by atoms with Crippen LogP contribution in [0, 0.1) is 23.2 Å². The van der Waals surface area contributed by atoms with Crippen LogP contribution in [0.15, 0.2) is 24.3 Å². The lowest BCUT2D eigenvalue weighted by atomic mass is 9.45. The Morgan fingerprint density at radius 2 is 1.45 bits per heavy atom. The van der Waals surface area contributed by atoms with E-state index < -0.39 is 5.60 Å². The van der Waals surface area contributed by atoms with Gasteiger partial charge in [0.15, 0.2) is 0 Å². The maximum atomic E-state index is 11.5. The van der Waals surface area contributed by atoms with Crippen molar-refractivity contribution in [2.75, 3.05) is 0 Å². The van der Waals surface area contributed by atoms with Crippen molar-refractivity contribution in [1.29, 1.82) is 0 Å². The average Bonchev–Trinajstić information content (AvgIpc) is 2.37. The fourth-order valence-corrected chi connectivity index (χ4v) is 6.22. The van der Waals surface area contributed by atoms with Crippen molar-refractivity contribution in [3.63, 3.8) is 0 Å². The van der Waals surface area contributed by atoms with Crippen LogP contribution in [0.3, 0.4) is 0 Å². The first-order chi connectivity index (χ1) is 9.48. The highest BCUT2D eigenvalue weighted by molar-refractivity contribution is 6.32. The molecule has 1 unspecified atom stereocenters. The minimum Gasteiger partial charge on any atom is -0.385 e. The minimum atomic E-state index is -0.641. The Hall–Kier alpha value is -0.603. The van der Waals surface area contributed by atoms with Gasteiger partial charge in [0.2, 0.25) is 0 Å². The summed E-state index contributed by atoms with van der Waals surface area (Å²) in [4.78, 5) is 0. The van der Waals surface area contributed by atoms with Crippen molar-refractivity contribution >= 4 is 15.4 Å². The maximum Gasteiger partial charge on any atom is 0.0924 e. The number of rotatable bonds is 2. The molecule has 1 aromatic carbocycles. The SMILES string of the molecule is CC(O)(c1ccc([SiH3])cc1)C12CC3CC(CC(C3)C1)C2. The first-order valence-electron chi connectivity index (χ1n) is 8.28. The third kappa shape index (κ3) is 1.77. The van der Waals surface area contributed by atoms with E-state index in [2.05, 4.69) is 31.2 Å². The molecule has 4 saturated carbocycles. The molecule has 0 spiro atoms. The summed E-state index contributed by atoms with van der Waals surface area (Å²) in [7, 11) is 1.09. The van der Waals surface area contributed by atoms with Crippen LogP contribution in [-0.2, 0) is 5.60 Å². The summed E-state index contributed by atoms with van der Waals surface area (Å²) < 4.78 is 0. The van der Waals surface area contributed by atoms with Gasteiger partial charge >= 0.3 is 0 Å². The highest BCUT2D eigenvalue weighted by Gasteiger charge is 2.58. The Morgan fingerprint density at radius 3 is 1.90 bits per heavy atom. The van der Waals surface area contributed by atoms with Gasteiger partial charge in [0.1, 0.15) is 0 Å². The summed E-state index contributed by atoms with van der Waals surface area (Å²) in [6.07, 6.45) is 8.09. The Labute approximate surface area is 125 Å². The standard InChI is InChI=1S/C18H26OSi/c1-17(19,15-2-4-16(20)5-3-15)18-9-12-6-13(10-18)8-14(7-12)11-18/h2-5,12-14,19H,6-11H2,1,20H3. The van der Waals surface area contributed by atoms with Crippen LogP contribution in [0.4, 0.5) is 0 Å². The van der Waals surface area contributed by atoms with Crippen LogP contribution in [0.5, 0.6) is 0 Å². The molecule has 0 amide bonds. The molecule has 0 heterocycles. The zero-order valence-electron chi connectivity index (χ0n) is 12.7. The largest absolute Gasteiger partial charge is 0.385 e. The van der Waals surface area contributed by atoms with E-state index in [1.165, 1.54) is 43.7 Å². The monoisotopic (exact) mass is 286 g/mol. The molecule has 20 heavy (non-hydrogen) atoms. The van der Waals surface area contributed by atoms with Crippen LogP contribution in [0.1, 0.15) is 51.0 Å². The number of hydrogen-bond donors (Lipinski definition) is 1. The van der Waals surface area contributed by atoms with Gasteiger partial charge in [0, 0.05) is 15.7 Å². The number of aliphatic hydroxyl groups is 1. The van der Waals surface area contributed by atoms with Gasteiger partial charge in [-0.05, 0) is 68.8 Å². The van der Waals surface area contributed by atoms with Crippen molar-refractivity contribution in [2.45, 2.75) is 51.0 Å². The summed E-state index contributed by atoms with van der Waals surface area (Å²) in [5, 5.41) is 12.9. The van der Waals surface area contributed by atoms with Gasteiger partial charge in [-0.2, -0.15) is 0 Å². The molecule has 108 valence electrons. The second kappa shape index (κ2) is 4.20. The zero-order valence-corrected chi connectivity index (χ0v) is 14.7. The lowest BCUT2D eigenvalue weighted by molar-refractivity contribution is -0.176. The summed E-state index contributed by atoms with van der Waals surface area (Å²) in [6, 6.07) is 8.77. The van der Waals surface area contributed by atoms with Gasteiger partial charge in [-0.25, -0.2) is 0 Å². The topological polar surface area (TPSA) is 20.2 Å². The van der Waals surface area contributed by atoms with Crippen LogP contribution in [0.2, 0.25) is 0 Å². The second-order valence-electron chi connectivity index (χ2n) is 8.14. The van der Waals surface area contributed by atoms with E-state index >= 15 is 0 Å². The van der Waals surface area contributed by atoms with Crippen molar-refractivity contribution in [3.05, 3.63) is 29.8 Å². The van der Waals surface area contributed by atoms with E-state index in [-0.39, 0.29) is 5.41 Å². The quantitative estimate of drug-likeness (QED) is 0.826. The summed E-state index contributed by atoms with van der Waals surface area (Å²) in [5.41, 5.74) is 0.672. The van der Waals surface area contributed by atoms with Gasteiger partial charge < -0.3 is 5.11 Å². The fourth-order valence-electron chi connectivity index (χ4n) is 5.89. The minimum absolute atomic E-state index is 0.161. The molecule has 1 nitrogen and oxygen atoms in total. The molecular weight excluding hydrogens is 260 g/mol. The van der Waals surface area contributed by atoms with Crippen molar-refractivity contribution < 1.29 is 5.11 Å².